The van der Waals surface area contributed by atoms with Crippen LogP contribution >= 0.6 is 0 Å². The van der Waals surface area contributed by atoms with Crippen molar-refractivity contribution in [3.05, 3.63) is 54.6 Å². The van der Waals surface area contributed by atoms with Gasteiger partial charge in [-0.2, -0.15) is 0 Å². The number of anilines is 1. The lowest BCUT2D eigenvalue weighted by Gasteiger charge is -2.19. The van der Waals surface area contributed by atoms with Gasteiger partial charge in [-0.25, -0.2) is 0 Å². The number of nitrogens with zero attached hydrogens (tertiary/aromatic N) is 1. The minimum Gasteiger partial charge on any atom is -0.493 e. The molecule has 0 aliphatic carbocycles. The van der Waals surface area contributed by atoms with Gasteiger partial charge in [0.1, 0.15) is 0 Å². The molecule has 126 valence electrons. The number of hydrogen-bond donors (Lipinski definition) is 1. The van der Waals surface area contributed by atoms with E-state index in [1.165, 1.54) is 5.69 Å². The average molecular weight is 326 g/mol. The van der Waals surface area contributed by atoms with Crippen molar-refractivity contribution in [1.82, 2.24) is 5.32 Å². The molecule has 0 bridgehead atoms. The standard InChI is InChI=1S/C19H22N2O3/c1-23-17-9-5-6-10-18(17)24-14-19(22)20-15-11-12-21(13-15)16-7-3-2-4-8-16/h2-10,15H,11-14H2,1H3,(H,20,22). The molecule has 1 saturated heterocycles. The van der Waals surface area contributed by atoms with Crippen LogP contribution in [0.3, 0.4) is 0 Å². The van der Waals surface area contributed by atoms with Crippen molar-refractivity contribution in [2.75, 3.05) is 31.7 Å². The Balaban J connectivity index is 1.48. The monoisotopic (exact) mass is 326 g/mol. The van der Waals surface area contributed by atoms with Gasteiger partial charge in [-0.15, -0.1) is 0 Å². The van der Waals surface area contributed by atoms with Crippen molar-refractivity contribution in [3.8, 4) is 11.5 Å². The van der Waals surface area contributed by atoms with Gasteiger partial charge in [0.25, 0.3) is 5.91 Å². The van der Waals surface area contributed by atoms with Crippen LogP contribution in [-0.2, 0) is 4.79 Å². The highest BCUT2D eigenvalue weighted by molar-refractivity contribution is 5.78. The third-order valence-electron chi connectivity index (χ3n) is 4.10. The van der Waals surface area contributed by atoms with Crippen LogP contribution in [0.2, 0.25) is 0 Å². The Kier molecular flexibility index (Phi) is 5.21. The maximum absolute atomic E-state index is 12.1. The van der Waals surface area contributed by atoms with Crippen LogP contribution in [0.15, 0.2) is 54.6 Å². The minimum atomic E-state index is -0.110. The summed E-state index contributed by atoms with van der Waals surface area (Å²) in [6.07, 6.45) is 0.940. The Morgan fingerprint density at radius 2 is 1.83 bits per heavy atom. The van der Waals surface area contributed by atoms with E-state index in [1.54, 1.807) is 13.2 Å². The number of rotatable bonds is 6. The van der Waals surface area contributed by atoms with Crippen LogP contribution in [-0.4, -0.2) is 38.8 Å². The molecule has 5 nitrogen and oxygen atoms in total. The van der Waals surface area contributed by atoms with E-state index in [2.05, 4.69) is 22.3 Å². The maximum Gasteiger partial charge on any atom is 0.258 e. The zero-order valence-corrected chi connectivity index (χ0v) is 13.8. The van der Waals surface area contributed by atoms with Crippen molar-refractivity contribution in [2.24, 2.45) is 0 Å². The van der Waals surface area contributed by atoms with E-state index >= 15 is 0 Å². The number of para-hydroxylation sites is 3. The van der Waals surface area contributed by atoms with Gasteiger partial charge in [0.2, 0.25) is 0 Å². The molecule has 0 radical (unpaired) electrons. The molecule has 1 heterocycles. The average Bonchev–Trinajstić information content (AvgIpc) is 3.09. The van der Waals surface area contributed by atoms with Crippen molar-refractivity contribution in [2.45, 2.75) is 12.5 Å². The lowest BCUT2D eigenvalue weighted by molar-refractivity contribution is -0.123. The predicted molar refractivity (Wildman–Crippen MR) is 93.7 cm³/mol. The Morgan fingerprint density at radius 3 is 2.58 bits per heavy atom. The number of nitrogens with one attached hydrogen (secondary N) is 1. The molecule has 1 atom stereocenters. The molecule has 3 rings (SSSR count). The largest absolute Gasteiger partial charge is 0.493 e. The second-order valence-corrected chi connectivity index (χ2v) is 5.77. The number of methoxy groups -OCH3 is 1. The first-order chi connectivity index (χ1) is 11.8. The fraction of sp³-hybridized carbons (Fsp3) is 0.316. The van der Waals surface area contributed by atoms with Gasteiger partial charge in [0.15, 0.2) is 18.1 Å². The fourth-order valence-electron chi connectivity index (χ4n) is 2.90. The Bertz CT molecular complexity index is 675. The van der Waals surface area contributed by atoms with Gasteiger partial charge in [-0.1, -0.05) is 30.3 Å². The van der Waals surface area contributed by atoms with E-state index in [9.17, 15) is 4.79 Å². The number of amides is 1. The molecule has 2 aromatic rings. The molecular formula is C19H22N2O3. The zero-order chi connectivity index (χ0) is 16.8. The van der Waals surface area contributed by atoms with Gasteiger partial charge in [-0.3, -0.25) is 4.79 Å². The Labute approximate surface area is 142 Å². The molecule has 24 heavy (non-hydrogen) atoms. The van der Waals surface area contributed by atoms with Crippen molar-refractivity contribution < 1.29 is 14.3 Å². The maximum atomic E-state index is 12.1. The van der Waals surface area contributed by atoms with Crippen LogP contribution in [0.4, 0.5) is 5.69 Å². The Morgan fingerprint density at radius 1 is 1.12 bits per heavy atom. The molecule has 1 aliphatic rings. The van der Waals surface area contributed by atoms with Crippen LogP contribution in [0.1, 0.15) is 6.42 Å². The zero-order valence-electron chi connectivity index (χ0n) is 13.8. The summed E-state index contributed by atoms with van der Waals surface area (Å²) >= 11 is 0. The molecule has 1 N–H and O–H groups in total. The number of carbonyl (C=O) groups excluding carboxylic acids is 1. The van der Waals surface area contributed by atoms with Crippen LogP contribution in [0.25, 0.3) is 0 Å². The number of hydrogen-bond acceptors (Lipinski definition) is 4. The van der Waals surface area contributed by atoms with Crippen LogP contribution in [0, 0.1) is 0 Å². The molecule has 5 heteroatoms. The summed E-state index contributed by atoms with van der Waals surface area (Å²) in [5.41, 5.74) is 1.19. The lowest BCUT2D eigenvalue weighted by atomic mass is 10.2. The summed E-state index contributed by atoms with van der Waals surface area (Å²) in [4.78, 5) is 14.4. The third kappa shape index (κ3) is 3.98. The second-order valence-electron chi connectivity index (χ2n) is 5.77. The molecule has 1 unspecified atom stereocenters. The number of benzene rings is 2. The number of carbonyl (C=O) groups is 1. The predicted octanol–water partition coefficient (Wildman–Crippen LogP) is 2.47. The Hall–Kier alpha value is -2.69. The third-order valence-corrected chi connectivity index (χ3v) is 4.10. The van der Waals surface area contributed by atoms with E-state index in [-0.39, 0.29) is 18.6 Å². The summed E-state index contributed by atoms with van der Waals surface area (Å²) in [6, 6.07) is 17.7. The highest BCUT2D eigenvalue weighted by Crippen LogP contribution is 2.25. The molecule has 2 aromatic carbocycles. The molecule has 1 fully saturated rings. The van der Waals surface area contributed by atoms with E-state index in [4.69, 9.17) is 9.47 Å². The molecule has 1 amide bonds. The smallest absolute Gasteiger partial charge is 0.258 e. The first-order valence-electron chi connectivity index (χ1n) is 8.11. The molecule has 0 spiro atoms. The molecule has 1 aliphatic heterocycles. The highest BCUT2D eigenvalue weighted by Gasteiger charge is 2.24. The number of ether oxygens (including phenoxy) is 2. The summed E-state index contributed by atoms with van der Waals surface area (Å²) in [7, 11) is 1.58. The summed E-state index contributed by atoms with van der Waals surface area (Å²) < 4.78 is 10.8. The van der Waals surface area contributed by atoms with Gasteiger partial charge in [0.05, 0.1) is 7.11 Å². The topological polar surface area (TPSA) is 50.8 Å². The summed E-state index contributed by atoms with van der Waals surface area (Å²) in [5.74, 6) is 1.09. The summed E-state index contributed by atoms with van der Waals surface area (Å²) in [6.45, 7) is 1.76. The SMILES string of the molecule is COc1ccccc1OCC(=O)NC1CCN(c2ccccc2)C1. The molecular weight excluding hydrogens is 304 g/mol. The highest BCUT2D eigenvalue weighted by atomic mass is 16.5. The summed E-state index contributed by atoms with van der Waals surface area (Å²) in [5, 5.41) is 3.04. The van der Waals surface area contributed by atoms with Gasteiger partial charge in [-0.05, 0) is 30.7 Å². The first kappa shape index (κ1) is 16.2. The van der Waals surface area contributed by atoms with Crippen LogP contribution < -0.4 is 19.7 Å². The van der Waals surface area contributed by atoms with Gasteiger partial charge < -0.3 is 19.7 Å². The first-order valence-corrected chi connectivity index (χ1v) is 8.11. The van der Waals surface area contributed by atoms with Gasteiger partial charge in [0, 0.05) is 24.8 Å². The molecule has 0 saturated carbocycles. The van der Waals surface area contributed by atoms with Crippen molar-refractivity contribution >= 4 is 11.6 Å². The fourth-order valence-corrected chi connectivity index (χ4v) is 2.90. The van der Waals surface area contributed by atoms with Crippen LogP contribution in [0.5, 0.6) is 11.5 Å². The van der Waals surface area contributed by atoms with Crippen molar-refractivity contribution in [3.63, 3.8) is 0 Å². The quantitative estimate of drug-likeness (QED) is 0.886. The minimum absolute atomic E-state index is 0.0117. The van der Waals surface area contributed by atoms with Gasteiger partial charge >= 0.3 is 0 Å². The van der Waals surface area contributed by atoms with E-state index in [1.807, 2.05) is 36.4 Å². The van der Waals surface area contributed by atoms with E-state index in [0.717, 1.165) is 19.5 Å². The van der Waals surface area contributed by atoms with E-state index < -0.39 is 0 Å². The second kappa shape index (κ2) is 7.73. The lowest BCUT2D eigenvalue weighted by Crippen LogP contribution is -2.39. The normalized spacial score (nSPS) is 16.7. The molecule has 0 aromatic heterocycles. The van der Waals surface area contributed by atoms with E-state index in [0.29, 0.717) is 11.5 Å². The van der Waals surface area contributed by atoms with Crippen molar-refractivity contribution in [1.29, 1.82) is 0 Å².